The van der Waals surface area contributed by atoms with Crippen molar-refractivity contribution < 1.29 is 4.79 Å². The summed E-state index contributed by atoms with van der Waals surface area (Å²) < 4.78 is 0. The number of nitrogens with zero attached hydrogens (tertiary/aromatic N) is 4. The van der Waals surface area contributed by atoms with Gasteiger partial charge in [0.25, 0.3) is 5.91 Å². The molecule has 0 bridgehead atoms. The Hall–Kier alpha value is -2.08. The van der Waals surface area contributed by atoms with Crippen LogP contribution in [0.3, 0.4) is 0 Å². The Morgan fingerprint density at radius 3 is 2.61 bits per heavy atom. The number of hydrogen-bond acceptors (Lipinski definition) is 5. The molecule has 0 aliphatic heterocycles. The summed E-state index contributed by atoms with van der Waals surface area (Å²) in [4.78, 5) is 19.7. The van der Waals surface area contributed by atoms with Crippen LogP contribution in [0.1, 0.15) is 21.7 Å². The second-order valence-corrected chi connectivity index (χ2v) is 4.02. The van der Waals surface area contributed by atoms with E-state index in [4.69, 9.17) is 11.6 Å². The molecule has 0 spiro atoms. The van der Waals surface area contributed by atoms with Gasteiger partial charge in [0.15, 0.2) is 0 Å². The van der Waals surface area contributed by atoms with Crippen LogP contribution in [-0.2, 0) is 0 Å². The highest BCUT2D eigenvalue weighted by molar-refractivity contribution is 6.29. The molecular formula is C11H10ClN5O. The minimum atomic E-state index is -0.357. The van der Waals surface area contributed by atoms with E-state index >= 15 is 0 Å². The smallest absolute Gasteiger partial charge is 0.259 e. The molecule has 0 unspecified atom stereocenters. The van der Waals surface area contributed by atoms with Crippen LogP contribution >= 0.6 is 11.6 Å². The molecule has 92 valence electrons. The van der Waals surface area contributed by atoms with Crippen molar-refractivity contribution in [3.05, 3.63) is 40.4 Å². The first-order valence-corrected chi connectivity index (χ1v) is 5.55. The Morgan fingerprint density at radius 2 is 2.00 bits per heavy atom. The van der Waals surface area contributed by atoms with Gasteiger partial charge in [-0.15, -0.1) is 5.10 Å². The lowest BCUT2D eigenvalue weighted by Crippen LogP contribution is -2.15. The number of nitrogens with one attached hydrogen (secondary N) is 1. The van der Waals surface area contributed by atoms with Crippen molar-refractivity contribution >= 4 is 23.5 Å². The van der Waals surface area contributed by atoms with E-state index in [1.165, 1.54) is 12.3 Å². The minimum Gasteiger partial charge on any atom is -0.289 e. The van der Waals surface area contributed by atoms with Crippen molar-refractivity contribution in [1.29, 1.82) is 0 Å². The number of rotatable bonds is 2. The van der Waals surface area contributed by atoms with Gasteiger partial charge in [-0.1, -0.05) is 11.6 Å². The van der Waals surface area contributed by atoms with Gasteiger partial charge in [0.1, 0.15) is 5.15 Å². The quantitative estimate of drug-likeness (QED) is 0.836. The normalized spacial score (nSPS) is 10.2. The molecule has 0 saturated heterocycles. The summed E-state index contributed by atoms with van der Waals surface area (Å²) in [7, 11) is 0. The SMILES string of the molecule is Cc1nnc(NC(=O)c2ccc(Cl)nc2)nc1C. The third-order valence-corrected chi connectivity index (χ3v) is 2.53. The van der Waals surface area contributed by atoms with Crippen molar-refractivity contribution in [2.45, 2.75) is 13.8 Å². The Kier molecular flexibility index (Phi) is 3.47. The van der Waals surface area contributed by atoms with Crippen molar-refractivity contribution in [2.24, 2.45) is 0 Å². The molecule has 2 aromatic heterocycles. The van der Waals surface area contributed by atoms with Crippen LogP contribution in [-0.4, -0.2) is 26.1 Å². The van der Waals surface area contributed by atoms with E-state index in [0.717, 1.165) is 11.4 Å². The first kappa shape index (κ1) is 12.4. The number of pyridine rings is 1. The molecule has 2 rings (SSSR count). The maximum absolute atomic E-state index is 11.8. The highest BCUT2D eigenvalue weighted by Crippen LogP contribution is 2.08. The van der Waals surface area contributed by atoms with Gasteiger partial charge < -0.3 is 0 Å². The zero-order valence-corrected chi connectivity index (χ0v) is 10.6. The van der Waals surface area contributed by atoms with Crippen molar-refractivity contribution in [3.63, 3.8) is 0 Å². The molecule has 0 saturated carbocycles. The fourth-order valence-corrected chi connectivity index (χ4v) is 1.31. The van der Waals surface area contributed by atoms with Gasteiger partial charge in [-0.2, -0.15) is 5.10 Å². The van der Waals surface area contributed by atoms with Crippen molar-refractivity contribution in [1.82, 2.24) is 20.2 Å². The van der Waals surface area contributed by atoms with Crippen LogP contribution in [0.25, 0.3) is 0 Å². The fraction of sp³-hybridized carbons (Fsp3) is 0.182. The van der Waals surface area contributed by atoms with Crippen LogP contribution in [0.4, 0.5) is 5.95 Å². The molecule has 0 aliphatic rings. The second-order valence-electron chi connectivity index (χ2n) is 3.63. The molecule has 18 heavy (non-hydrogen) atoms. The van der Waals surface area contributed by atoms with Gasteiger partial charge in [-0.05, 0) is 26.0 Å². The van der Waals surface area contributed by atoms with E-state index in [1.54, 1.807) is 19.9 Å². The Balaban J connectivity index is 2.16. The standard InChI is InChI=1S/C11H10ClN5O/c1-6-7(2)16-17-11(14-6)15-10(18)8-3-4-9(12)13-5-8/h3-5H,1-2H3,(H,14,15,17,18). The van der Waals surface area contributed by atoms with E-state index < -0.39 is 0 Å². The van der Waals surface area contributed by atoms with Crippen molar-refractivity contribution in [3.8, 4) is 0 Å². The van der Waals surface area contributed by atoms with Gasteiger partial charge in [-0.3, -0.25) is 10.1 Å². The van der Waals surface area contributed by atoms with Gasteiger partial charge in [-0.25, -0.2) is 9.97 Å². The average Bonchev–Trinajstić information content (AvgIpc) is 2.34. The van der Waals surface area contributed by atoms with Crippen LogP contribution in [0.2, 0.25) is 5.15 Å². The third kappa shape index (κ3) is 2.78. The molecule has 6 nitrogen and oxygen atoms in total. The molecule has 7 heteroatoms. The predicted molar refractivity (Wildman–Crippen MR) is 66.5 cm³/mol. The summed E-state index contributed by atoms with van der Waals surface area (Å²) in [5.41, 5.74) is 1.82. The highest BCUT2D eigenvalue weighted by Gasteiger charge is 2.09. The molecule has 2 heterocycles. The summed E-state index contributed by atoms with van der Waals surface area (Å²) in [6, 6.07) is 3.11. The zero-order valence-electron chi connectivity index (χ0n) is 9.81. The van der Waals surface area contributed by atoms with Crippen LogP contribution in [0.5, 0.6) is 0 Å². The molecule has 0 radical (unpaired) electrons. The number of halogens is 1. The number of aromatic nitrogens is 4. The third-order valence-electron chi connectivity index (χ3n) is 2.31. The largest absolute Gasteiger partial charge is 0.289 e. The number of anilines is 1. The fourth-order valence-electron chi connectivity index (χ4n) is 1.19. The molecule has 0 aliphatic carbocycles. The lowest BCUT2D eigenvalue weighted by Gasteiger charge is -2.04. The topological polar surface area (TPSA) is 80.7 Å². The van der Waals surface area contributed by atoms with E-state index in [1.807, 2.05) is 0 Å². The van der Waals surface area contributed by atoms with Gasteiger partial charge >= 0.3 is 0 Å². The lowest BCUT2D eigenvalue weighted by atomic mass is 10.3. The van der Waals surface area contributed by atoms with E-state index in [-0.39, 0.29) is 11.9 Å². The number of carbonyl (C=O) groups is 1. The summed E-state index contributed by atoms with van der Waals surface area (Å²) >= 11 is 5.64. The van der Waals surface area contributed by atoms with Crippen LogP contribution < -0.4 is 5.32 Å². The molecule has 1 amide bonds. The summed E-state index contributed by atoms with van der Waals surface area (Å²) in [6.45, 7) is 3.59. The minimum absolute atomic E-state index is 0.165. The summed E-state index contributed by atoms with van der Waals surface area (Å²) in [5.74, 6) is -0.192. The number of hydrogen-bond donors (Lipinski definition) is 1. The molecule has 1 N–H and O–H groups in total. The molecular weight excluding hydrogens is 254 g/mol. The molecule has 2 aromatic rings. The monoisotopic (exact) mass is 263 g/mol. The predicted octanol–water partition coefficient (Wildman–Crippen LogP) is 1.79. The number of carbonyl (C=O) groups excluding carboxylic acids is 1. The van der Waals surface area contributed by atoms with E-state index in [2.05, 4.69) is 25.5 Å². The van der Waals surface area contributed by atoms with Crippen molar-refractivity contribution in [2.75, 3.05) is 5.32 Å². The zero-order chi connectivity index (χ0) is 13.1. The van der Waals surface area contributed by atoms with Crippen LogP contribution in [0.15, 0.2) is 18.3 Å². The van der Waals surface area contributed by atoms with Gasteiger partial charge in [0.2, 0.25) is 5.95 Å². The first-order valence-electron chi connectivity index (χ1n) is 5.17. The first-order chi connectivity index (χ1) is 8.56. The Morgan fingerprint density at radius 1 is 1.22 bits per heavy atom. The van der Waals surface area contributed by atoms with Gasteiger partial charge in [0.05, 0.1) is 17.0 Å². The Labute approximate surface area is 108 Å². The molecule has 0 aromatic carbocycles. The lowest BCUT2D eigenvalue weighted by molar-refractivity contribution is 0.102. The van der Waals surface area contributed by atoms with E-state index in [9.17, 15) is 4.79 Å². The molecule has 0 atom stereocenters. The van der Waals surface area contributed by atoms with Crippen LogP contribution in [0, 0.1) is 13.8 Å². The summed E-state index contributed by atoms with van der Waals surface area (Å²) in [6.07, 6.45) is 1.38. The maximum atomic E-state index is 11.8. The number of amides is 1. The molecule has 0 fully saturated rings. The second kappa shape index (κ2) is 5.05. The highest BCUT2D eigenvalue weighted by atomic mass is 35.5. The van der Waals surface area contributed by atoms with Gasteiger partial charge in [0, 0.05) is 6.20 Å². The average molecular weight is 264 g/mol. The Bertz CT molecular complexity index is 584. The summed E-state index contributed by atoms with van der Waals surface area (Å²) in [5, 5.41) is 10.5. The van der Waals surface area contributed by atoms with E-state index in [0.29, 0.717) is 10.7 Å². The number of aryl methyl sites for hydroxylation is 2. The maximum Gasteiger partial charge on any atom is 0.259 e.